The van der Waals surface area contributed by atoms with Crippen molar-refractivity contribution in [2.75, 3.05) is 5.75 Å². The molecule has 1 unspecified atom stereocenters. The molecule has 2 rings (SSSR count). The van der Waals surface area contributed by atoms with Crippen molar-refractivity contribution < 1.29 is 0 Å². The van der Waals surface area contributed by atoms with Crippen LogP contribution in [0, 0.1) is 6.92 Å². The highest BCUT2D eigenvalue weighted by Gasteiger charge is 2.19. The highest BCUT2D eigenvalue weighted by Crippen LogP contribution is 2.33. The molecule has 0 aliphatic heterocycles. The zero-order valence-electron chi connectivity index (χ0n) is 9.74. The van der Waals surface area contributed by atoms with E-state index in [0.29, 0.717) is 6.04 Å². The molecule has 1 aromatic rings. The summed E-state index contributed by atoms with van der Waals surface area (Å²) in [5.74, 6) is 6.75. The first kappa shape index (κ1) is 12.4. The third-order valence-electron chi connectivity index (χ3n) is 3.28. The number of nitrogens with one attached hydrogen (secondary N) is 1. The lowest BCUT2D eigenvalue weighted by Gasteiger charge is -2.18. The highest BCUT2D eigenvalue weighted by molar-refractivity contribution is 7.99. The maximum atomic E-state index is 5.66. The third kappa shape index (κ3) is 3.00. The first-order valence-corrected chi connectivity index (χ1v) is 7.86. The predicted octanol–water partition coefficient (Wildman–Crippen LogP) is 3.24. The van der Waals surface area contributed by atoms with Crippen LogP contribution in [-0.2, 0) is 0 Å². The lowest BCUT2D eigenvalue weighted by Crippen LogP contribution is -2.30. The minimum Gasteiger partial charge on any atom is -0.271 e. The Morgan fingerprint density at radius 3 is 2.88 bits per heavy atom. The van der Waals surface area contributed by atoms with E-state index >= 15 is 0 Å². The van der Waals surface area contributed by atoms with E-state index in [4.69, 9.17) is 5.84 Å². The van der Waals surface area contributed by atoms with E-state index in [0.717, 1.165) is 11.0 Å². The number of nitrogens with two attached hydrogens (primary N) is 1. The normalized spacial score (nSPS) is 19.1. The van der Waals surface area contributed by atoms with Gasteiger partial charge >= 0.3 is 0 Å². The summed E-state index contributed by atoms with van der Waals surface area (Å²) in [6, 6.07) is 2.51. The van der Waals surface area contributed by atoms with E-state index in [2.05, 4.69) is 35.6 Å². The summed E-state index contributed by atoms with van der Waals surface area (Å²) in [6.07, 6.45) is 5.61. The van der Waals surface area contributed by atoms with Gasteiger partial charge in [-0.2, -0.15) is 11.8 Å². The SMILES string of the molecule is Cc1sccc1C(CSC1CCCC1)NN. The smallest absolute Gasteiger partial charge is 0.0561 e. The topological polar surface area (TPSA) is 38.0 Å². The lowest BCUT2D eigenvalue weighted by atomic mass is 10.1. The van der Waals surface area contributed by atoms with Crippen LogP contribution >= 0.6 is 23.1 Å². The monoisotopic (exact) mass is 256 g/mol. The summed E-state index contributed by atoms with van der Waals surface area (Å²) in [5.41, 5.74) is 4.33. The van der Waals surface area contributed by atoms with Crippen molar-refractivity contribution in [3.05, 3.63) is 21.9 Å². The molecule has 0 bridgehead atoms. The second-order valence-corrected chi connectivity index (χ2v) is 6.84. The summed E-state index contributed by atoms with van der Waals surface area (Å²) in [7, 11) is 0. The van der Waals surface area contributed by atoms with Crippen LogP contribution in [0.3, 0.4) is 0 Å². The molecule has 2 nitrogen and oxygen atoms in total. The van der Waals surface area contributed by atoms with Gasteiger partial charge in [0.25, 0.3) is 0 Å². The van der Waals surface area contributed by atoms with Crippen molar-refractivity contribution in [3.8, 4) is 0 Å². The van der Waals surface area contributed by atoms with Crippen LogP contribution in [0.1, 0.15) is 42.2 Å². The largest absolute Gasteiger partial charge is 0.271 e. The summed E-state index contributed by atoms with van der Waals surface area (Å²) < 4.78 is 0. The van der Waals surface area contributed by atoms with Crippen molar-refractivity contribution in [2.45, 2.75) is 43.9 Å². The second kappa shape index (κ2) is 6.05. The molecule has 0 aromatic carbocycles. The molecule has 4 heteroatoms. The number of rotatable bonds is 5. The molecule has 90 valence electrons. The summed E-state index contributed by atoms with van der Waals surface area (Å²) in [5, 5.41) is 3.02. The summed E-state index contributed by atoms with van der Waals surface area (Å²) in [4.78, 5) is 1.38. The molecule has 1 aliphatic rings. The van der Waals surface area contributed by atoms with Gasteiger partial charge in [-0.1, -0.05) is 12.8 Å². The van der Waals surface area contributed by atoms with Crippen LogP contribution in [0.2, 0.25) is 0 Å². The Bertz CT molecular complexity index is 319. The molecule has 1 atom stereocenters. The molecule has 0 saturated heterocycles. The van der Waals surface area contributed by atoms with Gasteiger partial charge in [-0.15, -0.1) is 11.3 Å². The van der Waals surface area contributed by atoms with E-state index in [1.54, 1.807) is 11.3 Å². The van der Waals surface area contributed by atoms with Crippen molar-refractivity contribution >= 4 is 23.1 Å². The van der Waals surface area contributed by atoms with Gasteiger partial charge in [0.15, 0.2) is 0 Å². The van der Waals surface area contributed by atoms with Crippen molar-refractivity contribution in [1.82, 2.24) is 5.43 Å². The second-order valence-electron chi connectivity index (χ2n) is 4.39. The van der Waals surface area contributed by atoms with Gasteiger partial charge < -0.3 is 0 Å². The summed E-state index contributed by atoms with van der Waals surface area (Å²) >= 11 is 3.89. The number of hydrogen-bond acceptors (Lipinski definition) is 4. The Morgan fingerprint density at radius 2 is 2.31 bits per heavy atom. The van der Waals surface area contributed by atoms with Crippen molar-refractivity contribution in [2.24, 2.45) is 5.84 Å². The van der Waals surface area contributed by atoms with Gasteiger partial charge in [-0.25, -0.2) is 0 Å². The van der Waals surface area contributed by atoms with Crippen molar-refractivity contribution in [1.29, 1.82) is 0 Å². The van der Waals surface area contributed by atoms with Gasteiger partial charge in [-0.05, 0) is 36.8 Å². The molecule has 3 N–H and O–H groups in total. The number of thioether (sulfide) groups is 1. The molecule has 1 aliphatic carbocycles. The summed E-state index contributed by atoms with van der Waals surface area (Å²) in [6.45, 7) is 2.17. The molecule has 0 amide bonds. The molecular weight excluding hydrogens is 236 g/mol. The zero-order valence-corrected chi connectivity index (χ0v) is 11.4. The Morgan fingerprint density at radius 1 is 1.56 bits per heavy atom. The van der Waals surface area contributed by atoms with Gasteiger partial charge in [0, 0.05) is 15.9 Å². The standard InChI is InChI=1S/C12H20N2S2/c1-9-11(6-7-15-9)12(14-13)8-16-10-4-2-3-5-10/h6-7,10,12,14H,2-5,8,13H2,1H3. The van der Waals surface area contributed by atoms with Crippen molar-refractivity contribution in [3.63, 3.8) is 0 Å². The zero-order chi connectivity index (χ0) is 11.4. The first-order chi connectivity index (χ1) is 7.81. The number of hydrogen-bond donors (Lipinski definition) is 2. The van der Waals surface area contributed by atoms with E-state index in [-0.39, 0.29) is 0 Å². The van der Waals surface area contributed by atoms with Crippen LogP contribution in [0.25, 0.3) is 0 Å². The predicted molar refractivity (Wildman–Crippen MR) is 73.8 cm³/mol. The molecule has 1 heterocycles. The molecule has 16 heavy (non-hydrogen) atoms. The number of hydrazine groups is 1. The first-order valence-electron chi connectivity index (χ1n) is 5.93. The average Bonchev–Trinajstić information content (AvgIpc) is 2.92. The molecule has 0 spiro atoms. The lowest BCUT2D eigenvalue weighted by molar-refractivity contribution is 0.609. The molecule has 1 saturated carbocycles. The maximum absolute atomic E-state index is 5.66. The van der Waals surface area contributed by atoms with E-state index < -0.39 is 0 Å². The van der Waals surface area contributed by atoms with Crippen LogP contribution in [-0.4, -0.2) is 11.0 Å². The van der Waals surface area contributed by atoms with Gasteiger partial charge in [-0.3, -0.25) is 11.3 Å². The van der Waals surface area contributed by atoms with E-state index in [9.17, 15) is 0 Å². The highest BCUT2D eigenvalue weighted by atomic mass is 32.2. The molecule has 1 aromatic heterocycles. The molecule has 0 radical (unpaired) electrons. The van der Waals surface area contributed by atoms with Gasteiger partial charge in [0.1, 0.15) is 0 Å². The third-order valence-corrected chi connectivity index (χ3v) is 5.61. The Labute approximate surface area is 106 Å². The van der Waals surface area contributed by atoms with Crippen LogP contribution in [0.5, 0.6) is 0 Å². The van der Waals surface area contributed by atoms with Gasteiger partial charge in [0.05, 0.1) is 6.04 Å². The quantitative estimate of drug-likeness (QED) is 0.627. The molecule has 1 fully saturated rings. The minimum atomic E-state index is 0.317. The number of aryl methyl sites for hydroxylation is 1. The Balaban J connectivity index is 1.88. The number of thiophene rings is 1. The Kier molecular flexibility index (Phi) is 4.70. The van der Waals surface area contributed by atoms with Crippen LogP contribution in [0.15, 0.2) is 11.4 Å². The fourth-order valence-electron chi connectivity index (χ4n) is 2.27. The minimum absolute atomic E-state index is 0.317. The maximum Gasteiger partial charge on any atom is 0.0561 e. The van der Waals surface area contributed by atoms with E-state index in [1.807, 2.05) is 0 Å². The fourth-order valence-corrected chi connectivity index (χ4v) is 4.44. The Hall–Kier alpha value is -0.0300. The van der Waals surface area contributed by atoms with Crippen LogP contribution < -0.4 is 11.3 Å². The molecular formula is C12H20N2S2. The van der Waals surface area contributed by atoms with E-state index in [1.165, 1.54) is 36.1 Å². The average molecular weight is 256 g/mol. The van der Waals surface area contributed by atoms with Crippen LogP contribution in [0.4, 0.5) is 0 Å². The fraction of sp³-hybridized carbons (Fsp3) is 0.667. The van der Waals surface area contributed by atoms with Gasteiger partial charge in [0.2, 0.25) is 0 Å².